The number of urea groups is 1. The molecule has 2 N–H and O–H groups in total. The molecule has 1 saturated heterocycles. The minimum Gasteiger partial charge on any atom is -0.463 e. The van der Waals surface area contributed by atoms with Gasteiger partial charge in [-0.05, 0) is 42.8 Å². The number of carbonyl (C=O) groups excluding carboxylic acids is 2. The van der Waals surface area contributed by atoms with Crippen LogP contribution in [0.25, 0.3) is 0 Å². The van der Waals surface area contributed by atoms with Gasteiger partial charge in [-0.1, -0.05) is 36.4 Å². The van der Waals surface area contributed by atoms with E-state index in [0.29, 0.717) is 30.3 Å². The Kier molecular flexibility index (Phi) is 5.97. The number of carbonyl (C=O) groups is 2. The molecule has 0 unspecified atom stereocenters. The Morgan fingerprint density at radius 3 is 2.79 bits per heavy atom. The lowest BCUT2D eigenvalue weighted by atomic mass is 9.98. The average molecular weight is 412 g/mol. The minimum absolute atomic E-state index is 0.287. The molecule has 2 amide bonds. The molecule has 0 bridgehead atoms. The number of ether oxygens (including phenoxy) is 1. The van der Waals surface area contributed by atoms with Gasteiger partial charge in [-0.3, -0.25) is 4.90 Å². The van der Waals surface area contributed by atoms with Crippen LogP contribution in [0.15, 0.2) is 59.1 Å². The van der Waals surface area contributed by atoms with Gasteiger partial charge in [0.15, 0.2) is 0 Å². The number of esters is 1. The second-order valence-corrected chi connectivity index (χ2v) is 8.27. The van der Waals surface area contributed by atoms with Gasteiger partial charge in [0.25, 0.3) is 0 Å². The van der Waals surface area contributed by atoms with E-state index in [2.05, 4.69) is 39.8 Å². The van der Waals surface area contributed by atoms with Crippen molar-refractivity contribution in [3.8, 4) is 0 Å². The Labute approximate surface area is 174 Å². The van der Waals surface area contributed by atoms with E-state index in [4.69, 9.17) is 4.74 Å². The normalized spacial score (nSPS) is 22.3. The van der Waals surface area contributed by atoms with Crippen molar-refractivity contribution in [2.45, 2.75) is 25.3 Å². The SMILES string of the molecule is CCOC(=O)C1=C(CN2CC[C@@H](c3ccccc3)C2)NC(=O)N[C@@H]1c1cccs1. The molecular formula is C22H25N3O3S. The third-order valence-electron chi connectivity index (χ3n) is 5.40. The molecule has 1 fully saturated rings. The van der Waals surface area contributed by atoms with E-state index in [-0.39, 0.29) is 12.0 Å². The molecule has 7 heteroatoms. The number of amides is 2. The molecule has 2 aliphatic heterocycles. The predicted molar refractivity (Wildman–Crippen MR) is 113 cm³/mol. The van der Waals surface area contributed by atoms with Gasteiger partial charge in [0.2, 0.25) is 0 Å². The third kappa shape index (κ3) is 4.36. The molecule has 1 aromatic carbocycles. The molecule has 0 aliphatic carbocycles. The molecule has 2 aliphatic rings. The molecular weight excluding hydrogens is 386 g/mol. The van der Waals surface area contributed by atoms with E-state index < -0.39 is 6.04 Å². The van der Waals surface area contributed by atoms with Crippen molar-refractivity contribution in [1.82, 2.24) is 15.5 Å². The van der Waals surface area contributed by atoms with Crippen LogP contribution >= 0.6 is 11.3 Å². The quantitative estimate of drug-likeness (QED) is 0.715. The first-order valence-electron chi connectivity index (χ1n) is 9.94. The number of likely N-dealkylation sites (tertiary alicyclic amines) is 1. The fourth-order valence-electron chi connectivity index (χ4n) is 4.06. The first kappa shape index (κ1) is 19.7. The molecule has 3 heterocycles. The second-order valence-electron chi connectivity index (χ2n) is 7.29. The smallest absolute Gasteiger partial charge is 0.338 e. The van der Waals surface area contributed by atoms with Gasteiger partial charge < -0.3 is 15.4 Å². The zero-order valence-electron chi connectivity index (χ0n) is 16.4. The largest absolute Gasteiger partial charge is 0.463 e. The van der Waals surface area contributed by atoms with Gasteiger partial charge in [-0.25, -0.2) is 9.59 Å². The first-order valence-corrected chi connectivity index (χ1v) is 10.8. The number of thiophene rings is 1. The Balaban J connectivity index is 1.59. The summed E-state index contributed by atoms with van der Waals surface area (Å²) in [5.41, 5.74) is 2.47. The molecule has 0 saturated carbocycles. The van der Waals surface area contributed by atoms with Crippen LogP contribution in [0, 0.1) is 0 Å². The number of hydrogen-bond acceptors (Lipinski definition) is 5. The van der Waals surface area contributed by atoms with Crippen LogP contribution in [0.2, 0.25) is 0 Å². The fraction of sp³-hybridized carbons (Fsp3) is 0.364. The second kappa shape index (κ2) is 8.80. The van der Waals surface area contributed by atoms with Crippen LogP contribution < -0.4 is 10.6 Å². The standard InChI is InChI=1S/C22H25N3O3S/c1-2-28-21(26)19-17(23-22(27)24-20(19)18-9-6-12-29-18)14-25-11-10-16(13-25)15-7-4-3-5-8-15/h3-9,12,16,20H,2,10-11,13-14H2,1H3,(H2,23,24,27)/t16-,20-/m1/s1. The lowest BCUT2D eigenvalue weighted by Gasteiger charge is -2.30. The van der Waals surface area contributed by atoms with Crippen molar-refractivity contribution in [3.05, 3.63) is 69.6 Å². The lowest BCUT2D eigenvalue weighted by Crippen LogP contribution is -2.48. The molecule has 0 radical (unpaired) electrons. The summed E-state index contributed by atoms with van der Waals surface area (Å²) in [6, 6.07) is 13.6. The highest BCUT2D eigenvalue weighted by molar-refractivity contribution is 7.10. The first-order chi connectivity index (χ1) is 14.2. The number of nitrogens with one attached hydrogen (secondary N) is 2. The van der Waals surface area contributed by atoms with Crippen molar-refractivity contribution in [2.24, 2.45) is 0 Å². The van der Waals surface area contributed by atoms with Crippen LogP contribution in [0.5, 0.6) is 0 Å². The van der Waals surface area contributed by atoms with Crippen molar-refractivity contribution in [3.63, 3.8) is 0 Å². The molecule has 1 aromatic heterocycles. The minimum atomic E-state index is -0.481. The molecule has 152 valence electrons. The van der Waals surface area contributed by atoms with Crippen molar-refractivity contribution < 1.29 is 14.3 Å². The van der Waals surface area contributed by atoms with Gasteiger partial charge in [0.05, 0.1) is 18.2 Å². The van der Waals surface area contributed by atoms with Crippen LogP contribution in [0.3, 0.4) is 0 Å². The van der Waals surface area contributed by atoms with Gasteiger partial charge >= 0.3 is 12.0 Å². The van der Waals surface area contributed by atoms with Crippen molar-refractivity contribution in [2.75, 3.05) is 26.2 Å². The molecule has 4 rings (SSSR count). The van der Waals surface area contributed by atoms with E-state index >= 15 is 0 Å². The monoisotopic (exact) mass is 411 g/mol. The predicted octanol–water partition coefficient (Wildman–Crippen LogP) is 3.41. The highest BCUT2D eigenvalue weighted by atomic mass is 32.1. The van der Waals surface area contributed by atoms with Crippen molar-refractivity contribution >= 4 is 23.3 Å². The molecule has 6 nitrogen and oxygen atoms in total. The van der Waals surface area contributed by atoms with Gasteiger partial charge in [-0.15, -0.1) is 11.3 Å². The topological polar surface area (TPSA) is 70.7 Å². The highest BCUT2D eigenvalue weighted by Gasteiger charge is 2.35. The Hall–Kier alpha value is -2.64. The van der Waals surface area contributed by atoms with E-state index in [1.165, 1.54) is 16.9 Å². The van der Waals surface area contributed by atoms with Crippen LogP contribution in [0.1, 0.15) is 35.7 Å². The summed E-state index contributed by atoms with van der Waals surface area (Å²) >= 11 is 1.52. The maximum absolute atomic E-state index is 12.8. The van der Waals surface area contributed by atoms with E-state index in [1.807, 2.05) is 23.6 Å². The Morgan fingerprint density at radius 1 is 1.24 bits per heavy atom. The van der Waals surface area contributed by atoms with Gasteiger partial charge in [-0.2, -0.15) is 0 Å². The maximum atomic E-state index is 12.8. The van der Waals surface area contributed by atoms with Gasteiger partial charge in [0.1, 0.15) is 0 Å². The Bertz CT molecular complexity index is 895. The highest BCUT2D eigenvalue weighted by Crippen LogP contribution is 2.32. The van der Waals surface area contributed by atoms with Gasteiger partial charge in [0, 0.05) is 23.7 Å². The molecule has 2 aromatic rings. The maximum Gasteiger partial charge on any atom is 0.338 e. The molecule has 0 spiro atoms. The number of rotatable bonds is 6. The third-order valence-corrected chi connectivity index (χ3v) is 6.34. The van der Waals surface area contributed by atoms with Crippen molar-refractivity contribution in [1.29, 1.82) is 0 Å². The number of hydrogen-bond donors (Lipinski definition) is 2. The summed E-state index contributed by atoms with van der Waals surface area (Å²) in [6.07, 6.45) is 1.06. The summed E-state index contributed by atoms with van der Waals surface area (Å²) in [5.74, 6) is 0.0839. The van der Waals surface area contributed by atoms with E-state index in [1.54, 1.807) is 6.92 Å². The molecule has 29 heavy (non-hydrogen) atoms. The van der Waals surface area contributed by atoms with E-state index in [0.717, 1.165) is 24.4 Å². The van der Waals surface area contributed by atoms with Crippen LogP contribution in [-0.2, 0) is 9.53 Å². The average Bonchev–Trinajstić information content (AvgIpc) is 3.41. The summed E-state index contributed by atoms with van der Waals surface area (Å²) < 4.78 is 5.33. The summed E-state index contributed by atoms with van der Waals surface area (Å²) in [7, 11) is 0. The van der Waals surface area contributed by atoms with E-state index in [9.17, 15) is 9.59 Å². The Morgan fingerprint density at radius 2 is 2.07 bits per heavy atom. The van der Waals surface area contributed by atoms with Crippen LogP contribution in [-0.4, -0.2) is 43.1 Å². The fourth-order valence-corrected chi connectivity index (χ4v) is 4.84. The summed E-state index contributed by atoms with van der Waals surface area (Å²) in [5, 5.41) is 7.69. The number of benzene rings is 1. The summed E-state index contributed by atoms with van der Waals surface area (Å²) in [4.78, 5) is 28.4. The zero-order chi connectivity index (χ0) is 20.2. The lowest BCUT2D eigenvalue weighted by molar-refractivity contribution is -0.139. The molecule has 2 atom stereocenters. The number of nitrogens with zero attached hydrogens (tertiary/aromatic N) is 1. The van der Waals surface area contributed by atoms with Crippen LogP contribution in [0.4, 0.5) is 4.79 Å². The zero-order valence-corrected chi connectivity index (χ0v) is 17.2. The summed E-state index contributed by atoms with van der Waals surface area (Å²) in [6.45, 7) is 4.42.